The SMILES string of the molecule is CC(C)C1CN(c2cc(C3CC3)c3c(c2C#N)CC(C)(C)OC3)CCN1C(=O)Cc1cccnc1. The Hall–Kier alpha value is -2.91. The molecule has 3 aliphatic rings. The van der Waals surface area contributed by atoms with Crippen molar-refractivity contribution in [3.05, 3.63) is 58.4 Å². The Bertz CT molecular complexity index is 1150. The zero-order valence-corrected chi connectivity index (χ0v) is 21.4. The molecule has 1 saturated carbocycles. The number of carbonyl (C=O) groups is 1. The number of pyridine rings is 1. The van der Waals surface area contributed by atoms with E-state index in [2.05, 4.69) is 54.6 Å². The van der Waals surface area contributed by atoms with Crippen LogP contribution in [0.25, 0.3) is 0 Å². The van der Waals surface area contributed by atoms with Gasteiger partial charge in [0, 0.05) is 38.4 Å². The molecule has 1 amide bonds. The summed E-state index contributed by atoms with van der Waals surface area (Å²) in [4.78, 5) is 21.9. The first-order valence-electron chi connectivity index (χ1n) is 12.9. The number of amides is 1. The van der Waals surface area contributed by atoms with Gasteiger partial charge in [0.05, 0.1) is 35.9 Å². The third-order valence-corrected chi connectivity index (χ3v) is 7.83. The summed E-state index contributed by atoms with van der Waals surface area (Å²) in [6, 6.07) is 8.79. The predicted molar refractivity (Wildman–Crippen MR) is 136 cm³/mol. The van der Waals surface area contributed by atoms with Crippen molar-refractivity contribution in [2.24, 2.45) is 5.92 Å². The van der Waals surface area contributed by atoms with Crippen molar-refractivity contribution in [2.75, 3.05) is 24.5 Å². The lowest BCUT2D eigenvalue weighted by Gasteiger charge is -2.45. The first-order valence-corrected chi connectivity index (χ1v) is 12.9. The molecule has 1 aromatic carbocycles. The Balaban J connectivity index is 1.45. The maximum atomic E-state index is 13.3. The maximum Gasteiger partial charge on any atom is 0.227 e. The number of nitriles is 1. The molecule has 2 aliphatic heterocycles. The molecule has 0 radical (unpaired) electrons. The number of anilines is 1. The van der Waals surface area contributed by atoms with E-state index in [1.165, 1.54) is 29.5 Å². The fraction of sp³-hybridized carbons (Fsp3) is 0.552. The highest BCUT2D eigenvalue weighted by Gasteiger charge is 2.38. The van der Waals surface area contributed by atoms with Gasteiger partial charge in [-0.2, -0.15) is 5.26 Å². The largest absolute Gasteiger partial charge is 0.371 e. The van der Waals surface area contributed by atoms with E-state index in [0.29, 0.717) is 31.4 Å². The lowest BCUT2D eigenvalue weighted by molar-refractivity contribution is -0.134. The van der Waals surface area contributed by atoms with Gasteiger partial charge in [0.25, 0.3) is 0 Å². The number of ether oxygens (including phenoxy) is 1. The quantitative estimate of drug-likeness (QED) is 0.636. The summed E-state index contributed by atoms with van der Waals surface area (Å²) in [5, 5.41) is 10.3. The van der Waals surface area contributed by atoms with Crippen LogP contribution in [0.5, 0.6) is 0 Å². The van der Waals surface area contributed by atoms with Gasteiger partial charge in [0.15, 0.2) is 0 Å². The first-order chi connectivity index (χ1) is 16.8. The molecule has 5 rings (SSSR count). The molecule has 1 aromatic heterocycles. The van der Waals surface area contributed by atoms with Gasteiger partial charge in [-0.3, -0.25) is 9.78 Å². The van der Waals surface area contributed by atoms with Crippen molar-refractivity contribution in [3.8, 4) is 6.07 Å². The second-order valence-electron chi connectivity index (χ2n) is 11.3. The molecule has 0 spiro atoms. The Labute approximate surface area is 208 Å². The smallest absolute Gasteiger partial charge is 0.227 e. The van der Waals surface area contributed by atoms with Crippen LogP contribution in [-0.4, -0.2) is 47.1 Å². The molecule has 2 fully saturated rings. The Morgan fingerprint density at radius 2 is 2.09 bits per heavy atom. The second-order valence-corrected chi connectivity index (χ2v) is 11.3. The average Bonchev–Trinajstić information content (AvgIpc) is 3.68. The number of rotatable bonds is 5. The second kappa shape index (κ2) is 9.28. The monoisotopic (exact) mass is 472 g/mol. The van der Waals surface area contributed by atoms with Crippen LogP contribution in [-0.2, 0) is 29.0 Å². The molecule has 2 aromatic rings. The molecule has 184 valence electrons. The third-order valence-electron chi connectivity index (χ3n) is 7.83. The Morgan fingerprint density at radius 1 is 1.29 bits per heavy atom. The number of fused-ring (bicyclic) bond motifs is 1. The van der Waals surface area contributed by atoms with Crippen molar-refractivity contribution >= 4 is 11.6 Å². The van der Waals surface area contributed by atoms with Crippen molar-refractivity contribution < 1.29 is 9.53 Å². The highest BCUT2D eigenvalue weighted by Crippen LogP contribution is 2.47. The van der Waals surface area contributed by atoms with Gasteiger partial charge >= 0.3 is 0 Å². The number of piperazine rings is 1. The van der Waals surface area contributed by atoms with Gasteiger partial charge in [0.1, 0.15) is 6.07 Å². The third kappa shape index (κ3) is 4.79. The first kappa shape index (κ1) is 23.8. The molecule has 0 N–H and O–H groups in total. The van der Waals surface area contributed by atoms with Crippen molar-refractivity contribution in [3.63, 3.8) is 0 Å². The lowest BCUT2D eigenvalue weighted by Crippen LogP contribution is -2.57. The molecule has 1 unspecified atom stereocenters. The van der Waals surface area contributed by atoms with E-state index >= 15 is 0 Å². The average molecular weight is 473 g/mol. The summed E-state index contributed by atoms with van der Waals surface area (Å²) >= 11 is 0. The maximum absolute atomic E-state index is 13.3. The van der Waals surface area contributed by atoms with Crippen LogP contribution in [0.3, 0.4) is 0 Å². The Kier molecular flexibility index (Phi) is 6.31. The van der Waals surface area contributed by atoms with Crippen molar-refractivity contribution in [1.82, 2.24) is 9.88 Å². The van der Waals surface area contributed by atoms with Crippen LogP contribution in [0.15, 0.2) is 30.6 Å². The van der Waals surface area contributed by atoms with Crippen LogP contribution in [0.4, 0.5) is 5.69 Å². The molecule has 0 bridgehead atoms. The Morgan fingerprint density at radius 3 is 2.74 bits per heavy atom. The van der Waals surface area contributed by atoms with E-state index in [9.17, 15) is 10.1 Å². The van der Waals surface area contributed by atoms with Gasteiger partial charge in [-0.05, 0) is 72.9 Å². The summed E-state index contributed by atoms with van der Waals surface area (Å²) in [6.45, 7) is 11.3. The minimum Gasteiger partial charge on any atom is -0.371 e. The number of carbonyl (C=O) groups excluding carboxylic acids is 1. The summed E-state index contributed by atoms with van der Waals surface area (Å²) in [5.74, 6) is 1.05. The molecule has 6 heteroatoms. The van der Waals surface area contributed by atoms with Crippen molar-refractivity contribution in [1.29, 1.82) is 5.26 Å². The fourth-order valence-corrected chi connectivity index (χ4v) is 5.72. The van der Waals surface area contributed by atoms with E-state index in [1.807, 2.05) is 12.1 Å². The summed E-state index contributed by atoms with van der Waals surface area (Å²) in [5.41, 5.74) is 6.34. The van der Waals surface area contributed by atoms with E-state index in [0.717, 1.165) is 36.3 Å². The molecule has 6 nitrogen and oxygen atoms in total. The molecule has 1 aliphatic carbocycles. The van der Waals surface area contributed by atoms with Crippen LogP contribution in [0.2, 0.25) is 0 Å². The normalized spacial score (nSPS) is 21.5. The zero-order valence-electron chi connectivity index (χ0n) is 21.4. The van der Waals surface area contributed by atoms with Gasteiger partial charge in [-0.1, -0.05) is 19.9 Å². The van der Waals surface area contributed by atoms with Gasteiger partial charge < -0.3 is 14.5 Å². The number of hydrogen-bond acceptors (Lipinski definition) is 5. The van der Waals surface area contributed by atoms with Crippen LogP contribution >= 0.6 is 0 Å². The summed E-state index contributed by atoms with van der Waals surface area (Å²) in [6.07, 6.45) is 7.07. The number of benzene rings is 1. The minimum absolute atomic E-state index is 0.0969. The standard InChI is InChI=1S/C29H36N4O2/c1-19(2)27-17-32(10-11-33(27)28(34)12-20-6-5-9-31-16-20)26-13-22(21-7-8-21)25-18-35-29(3,4)14-23(25)24(26)15-30/h5-6,9,13,16,19,21,27H,7-8,10-12,14,17-18H2,1-4H3. The van der Waals surface area contributed by atoms with E-state index in [1.54, 1.807) is 12.4 Å². The highest BCUT2D eigenvalue weighted by atomic mass is 16.5. The molecule has 1 saturated heterocycles. The topological polar surface area (TPSA) is 69.5 Å². The van der Waals surface area contributed by atoms with Crippen LogP contribution < -0.4 is 4.90 Å². The zero-order chi connectivity index (χ0) is 24.7. The summed E-state index contributed by atoms with van der Waals surface area (Å²) in [7, 11) is 0. The summed E-state index contributed by atoms with van der Waals surface area (Å²) < 4.78 is 6.16. The van der Waals surface area contributed by atoms with Crippen LogP contribution in [0, 0.1) is 17.2 Å². The molecule has 1 atom stereocenters. The highest BCUT2D eigenvalue weighted by molar-refractivity contribution is 5.79. The number of aromatic nitrogens is 1. The van der Waals surface area contributed by atoms with Crippen molar-refractivity contribution in [2.45, 2.75) is 77.5 Å². The molecular formula is C29H36N4O2. The predicted octanol–water partition coefficient (Wildman–Crippen LogP) is 4.60. The van der Waals surface area contributed by atoms with E-state index in [-0.39, 0.29) is 17.6 Å². The molecule has 35 heavy (non-hydrogen) atoms. The molecular weight excluding hydrogens is 436 g/mol. The fourth-order valence-electron chi connectivity index (χ4n) is 5.72. The molecule has 3 heterocycles. The van der Waals surface area contributed by atoms with Gasteiger partial charge in [-0.25, -0.2) is 0 Å². The van der Waals surface area contributed by atoms with E-state index < -0.39 is 0 Å². The van der Waals surface area contributed by atoms with Crippen LogP contribution in [0.1, 0.15) is 74.3 Å². The lowest BCUT2D eigenvalue weighted by atomic mass is 9.83. The van der Waals surface area contributed by atoms with E-state index in [4.69, 9.17) is 4.74 Å². The number of nitrogens with zero attached hydrogens (tertiary/aromatic N) is 4. The minimum atomic E-state index is -0.268. The number of hydrogen-bond donors (Lipinski definition) is 0. The van der Waals surface area contributed by atoms with Gasteiger partial charge in [0.2, 0.25) is 5.91 Å². The van der Waals surface area contributed by atoms with Gasteiger partial charge in [-0.15, -0.1) is 0 Å².